The molecule has 1 N–H and O–H groups in total. The topological polar surface area (TPSA) is 74.8 Å². The van der Waals surface area contributed by atoms with E-state index in [0.29, 0.717) is 48.2 Å². The predicted molar refractivity (Wildman–Crippen MR) is 104 cm³/mol. The van der Waals surface area contributed by atoms with Crippen LogP contribution in [-0.2, 0) is 4.79 Å². The molecule has 2 aromatic rings. The van der Waals surface area contributed by atoms with E-state index in [1.807, 2.05) is 6.07 Å². The summed E-state index contributed by atoms with van der Waals surface area (Å²) in [5, 5.41) is 3.68. The Morgan fingerprint density at radius 1 is 1.07 bits per heavy atom. The lowest BCUT2D eigenvalue weighted by Gasteiger charge is -2.34. The van der Waals surface area contributed by atoms with Crippen LogP contribution in [0.4, 0.5) is 11.4 Å². The molecule has 2 amide bonds. The molecular weight excluding hydrogens is 368 g/mol. The molecule has 1 fully saturated rings. The van der Waals surface area contributed by atoms with E-state index in [0.717, 1.165) is 5.69 Å². The van der Waals surface area contributed by atoms with E-state index in [2.05, 4.69) is 10.3 Å². The molecule has 0 radical (unpaired) electrons. The van der Waals surface area contributed by atoms with E-state index in [-0.39, 0.29) is 11.8 Å². The van der Waals surface area contributed by atoms with Gasteiger partial charge in [-0.1, -0.05) is 11.6 Å². The number of rotatable bonds is 4. The molecule has 0 saturated carbocycles. The molecule has 1 aromatic carbocycles. The van der Waals surface area contributed by atoms with E-state index < -0.39 is 0 Å². The molecule has 0 aliphatic carbocycles. The maximum atomic E-state index is 12.7. The number of nitrogens with one attached hydrogen (secondary N) is 1. The first-order valence-electron chi connectivity index (χ1n) is 8.58. The molecule has 2 heterocycles. The van der Waals surface area contributed by atoms with E-state index in [1.165, 1.54) is 0 Å². The second kappa shape index (κ2) is 8.26. The minimum atomic E-state index is -0.0953. The van der Waals surface area contributed by atoms with Crippen molar-refractivity contribution in [1.82, 2.24) is 14.8 Å². The van der Waals surface area contributed by atoms with Gasteiger partial charge in [0.25, 0.3) is 5.91 Å². The molecule has 0 unspecified atom stereocenters. The molecule has 8 heteroatoms. The van der Waals surface area contributed by atoms with Crippen molar-refractivity contribution in [2.75, 3.05) is 38.6 Å². The van der Waals surface area contributed by atoms with Crippen molar-refractivity contribution in [3.8, 4) is 5.75 Å². The molecule has 0 atom stereocenters. The number of hydrogen-bond donors (Lipinski definition) is 1. The number of hydrogen-bond acceptors (Lipinski definition) is 5. The van der Waals surface area contributed by atoms with Gasteiger partial charge in [0.2, 0.25) is 5.91 Å². The normalized spacial score (nSPS) is 14.0. The van der Waals surface area contributed by atoms with Crippen molar-refractivity contribution in [2.45, 2.75) is 6.92 Å². The number of halogens is 1. The molecule has 0 bridgehead atoms. The standard InChI is InChI=1S/C19H21ClN4O3/c1-13(25)23-5-7-24(8-6-23)19(26)14-9-16(12-21-11-14)22-15-3-4-18(27-2)17(20)10-15/h3-4,9-12,22H,5-8H2,1-2H3. The van der Waals surface area contributed by atoms with Crippen LogP contribution in [-0.4, -0.2) is 59.9 Å². The van der Waals surface area contributed by atoms with Crippen LogP contribution in [0.15, 0.2) is 36.7 Å². The zero-order valence-electron chi connectivity index (χ0n) is 15.2. The third-order valence-corrected chi connectivity index (χ3v) is 4.73. The molecule has 1 aliphatic rings. The number of aromatic nitrogens is 1. The molecule has 3 rings (SSSR count). The first kappa shape index (κ1) is 19.0. The van der Waals surface area contributed by atoms with Crippen LogP contribution in [0, 0.1) is 0 Å². The molecular formula is C19H21ClN4O3. The summed E-state index contributed by atoms with van der Waals surface area (Å²) >= 11 is 6.14. The Bertz CT molecular complexity index is 851. The zero-order chi connectivity index (χ0) is 19.4. The van der Waals surface area contributed by atoms with Gasteiger partial charge in [0.05, 0.1) is 29.6 Å². The lowest BCUT2D eigenvalue weighted by Crippen LogP contribution is -2.50. The van der Waals surface area contributed by atoms with Crippen molar-refractivity contribution in [3.63, 3.8) is 0 Å². The van der Waals surface area contributed by atoms with Crippen LogP contribution in [0.2, 0.25) is 5.02 Å². The highest BCUT2D eigenvalue weighted by molar-refractivity contribution is 6.32. The molecule has 142 valence electrons. The van der Waals surface area contributed by atoms with Crippen molar-refractivity contribution in [3.05, 3.63) is 47.2 Å². The fourth-order valence-corrected chi connectivity index (χ4v) is 3.20. The van der Waals surface area contributed by atoms with E-state index in [4.69, 9.17) is 16.3 Å². The van der Waals surface area contributed by atoms with Gasteiger partial charge in [-0.25, -0.2) is 0 Å². The highest BCUT2D eigenvalue weighted by atomic mass is 35.5. The molecule has 0 spiro atoms. The van der Waals surface area contributed by atoms with Crippen LogP contribution < -0.4 is 10.1 Å². The van der Waals surface area contributed by atoms with Crippen LogP contribution in [0.5, 0.6) is 5.75 Å². The number of pyridine rings is 1. The van der Waals surface area contributed by atoms with Crippen LogP contribution in [0.3, 0.4) is 0 Å². The Labute approximate surface area is 162 Å². The number of piperazine rings is 1. The fraction of sp³-hybridized carbons (Fsp3) is 0.316. The molecule has 27 heavy (non-hydrogen) atoms. The number of benzene rings is 1. The number of anilines is 2. The van der Waals surface area contributed by atoms with Crippen molar-refractivity contribution in [1.29, 1.82) is 0 Å². The lowest BCUT2D eigenvalue weighted by molar-refractivity contribution is -0.130. The summed E-state index contributed by atoms with van der Waals surface area (Å²) < 4.78 is 5.14. The number of amides is 2. The quantitative estimate of drug-likeness (QED) is 0.871. The van der Waals surface area contributed by atoms with Gasteiger partial charge in [-0.3, -0.25) is 14.6 Å². The zero-order valence-corrected chi connectivity index (χ0v) is 16.0. The third kappa shape index (κ3) is 4.49. The van der Waals surface area contributed by atoms with Gasteiger partial charge in [0.1, 0.15) is 5.75 Å². The van der Waals surface area contributed by atoms with Gasteiger partial charge >= 0.3 is 0 Å². The predicted octanol–water partition coefficient (Wildman–Crippen LogP) is 2.79. The summed E-state index contributed by atoms with van der Waals surface area (Å²) in [5.74, 6) is 0.532. The fourth-order valence-electron chi connectivity index (χ4n) is 2.94. The molecule has 1 aliphatic heterocycles. The monoisotopic (exact) mass is 388 g/mol. The van der Waals surface area contributed by atoms with Crippen molar-refractivity contribution < 1.29 is 14.3 Å². The molecule has 1 aromatic heterocycles. The van der Waals surface area contributed by atoms with Gasteiger partial charge in [-0.2, -0.15) is 0 Å². The number of carbonyl (C=O) groups excluding carboxylic acids is 2. The SMILES string of the molecule is COc1ccc(Nc2cncc(C(=O)N3CCN(C(C)=O)CC3)c2)cc1Cl. The number of nitrogens with zero attached hydrogens (tertiary/aromatic N) is 3. The average molecular weight is 389 g/mol. The summed E-state index contributed by atoms with van der Waals surface area (Å²) in [7, 11) is 1.56. The Kier molecular flexibility index (Phi) is 5.81. The Morgan fingerprint density at radius 3 is 2.41 bits per heavy atom. The molecule has 1 saturated heterocycles. The highest BCUT2D eigenvalue weighted by Crippen LogP contribution is 2.28. The van der Waals surface area contributed by atoms with Gasteiger partial charge < -0.3 is 19.9 Å². The van der Waals surface area contributed by atoms with Crippen LogP contribution >= 0.6 is 11.6 Å². The lowest BCUT2D eigenvalue weighted by atomic mass is 10.2. The maximum Gasteiger partial charge on any atom is 0.255 e. The number of methoxy groups -OCH3 is 1. The average Bonchev–Trinajstić information content (AvgIpc) is 2.68. The number of ether oxygens (including phenoxy) is 1. The summed E-state index contributed by atoms with van der Waals surface area (Å²) in [6.45, 7) is 3.68. The maximum absolute atomic E-state index is 12.7. The van der Waals surface area contributed by atoms with E-state index in [9.17, 15) is 9.59 Å². The van der Waals surface area contributed by atoms with Crippen molar-refractivity contribution in [2.24, 2.45) is 0 Å². The first-order chi connectivity index (χ1) is 13.0. The minimum absolute atomic E-state index is 0.0353. The largest absolute Gasteiger partial charge is 0.495 e. The Morgan fingerprint density at radius 2 is 1.78 bits per heavy atom. The number of carbonyl (C=O) groups is 2. The minimum Gasteiger partial charge on any atom is -0.495 e. The van der Waals surface area contributed by atoms with E-state index >= 15 is 0 Å². The summed E-state index contributed by atoms with van der Waals surface area (Å²) in [5.41, 5.74) is 1.95. The second-order valence-corrected chi connectivity index (χ2v) is 6.64. The Balaban J connectivity index is 1.69. The smallest absolute Gasteiger partial charge is 0.255 e. The van der Waals surface area contributed by atoms with Gasteiger partial charge in [-0.15, -0.1) is 0 Å². The summed E-state index contributed by atoms with van der Waals surface area (Å²) in [4.78, 5) is 31.8. The van der Waals surface area contributed by atoms with Crippen LogP contribution in [0.1, 0.15) is 17.3 Å². The van der Waals surface area contributed by atoms with Crippen LogP contribution in [0.25, 0.3) is 0 Å². The Hall–Kier alpha value is -2.80. The summed E-state index contributed by atoms with van der Waals surface area (Å²) in [6, 6.07) is 7.10. The third-order valence-electron chi connectivity index (χ3n) is 4.44. The van der Waals surface area contributed by atoms with E-state index in [1.54, 1.807) is 54.4 Å². The highest BCUT2D eigenvalue weighted by Gasteiger charge is 2.23. The van der Waals surface area contributed by atoms with Gasteiger partial charge in [-0.05, 0) is 24.3 Å². The first-order valence-corrected chi connectivity index (χ1v) is 8.96. The van der Waals surface area contributed by atoms with Crippen molar-refractivity contribution >= 4 is 34.8 Å². The second-order valence-electron chi connectivity index (χ2n) is 6.23. The van der Waals surface area contributed by atoms with Gasteiger partial charge in [0.15, 0.2) is 0 Å². The van der Waals surface area contributed by atoms with Gasteiger partial charge in [0, 0.05) is 45.0 Å². The summed E-state index contributed by atoms with van der Waals surface area (Å²) in [6.07, 6.45) is 3.19. The molecule has 7 nitrogen and oxygen atoms in total.